The summed E-state index contributed by atoms with van der Waals surface area (Å²) >= 11 is 0. The lowest BCUT2D eigenvalue weighted by molar-refractivity contribution is 0.555. The number of nitriles is 1. The Labute approximate surface area is 85.1 Å². The molecule has 0 amide bonds. The normalized spacial score (nSPS) is 12.5. The van der Waals surface area contributed by atoms with Crippen LogP contribution in [0.15, 0.2) is 27.4 Å². The van der Waals surface area contributed by atoms with E-state index in [0.29, 0.717) is 11.1 Å². The van der Waals surface area contributed by atoms with Gasteiger partial charge in [-0.15, -0.1) is 0 Å². The van der Waals surface area contributed by atoms with Crippen LogP contribution in [0.2, 0.25) is 0 Å². The number of oxazole rings is 1. The van der Waals surface area contributed by atoms with Crippen molar-refractivity contribution in [2.24, 2.45) is 5.73 Å². The van der Waals surface area contributed by atoms with Gasteiger partial charge in [-0.05, 0) is 17.7 Å². The van der Waals surface area contributed by atoms with Crippen LogP contribution in [-0.2, 0) is 0 Å². The van der Waals surface area contributed by atoms with Crippen LogP contribution >= 0.6 is 0 Å². The number of rotatable bonds is 2. The molecule has 5 heteroatoms. The minimum atomic E-state index is -0.490. The van der Waals surface area contributed by atoms with E-state index in [9.17, 15) is 4.79 Å². The molecule has 0 aliphatic rings. The van der Waals surface area contributed by atoms with Gasteiger partial charge in [0.25, 0.3) is 0 Å². The molecular formula is C10H9N3O2. The standard InChI is InChI=1S/C10H9N3O2/c11-4-3-7(12)6-1-2-9-8(5-6)13-10(14)15-9/h1-2,5,7H,3,12H2,(H,13,14). The van der Waals surface area contributed by atoms with Crippen LogP contribution in [0.25, 0.3) is 11.1 Å². The minimum absolute atomic E-state index is 0.244. The highest BCUT2D eigenvalue weighted by atomic mass is 16.4. The highest BCUT2D eigenvalue weighted by molar-refractivity contribution is 5.72. The Morgan fingerprint density at radius 3 is 3.13 bits per heavy atom. The summed E-state index contributed by atoms with van der Waals surface area (Å²) in [6.07, 6.45) is 0.244. The molecule has 3 N–H and O–H groups in total. The van der Waals surface area contributed by atoms with Gasteiger partial charge < -0.3 is 10.2 Å². The van der Waals surface area contributed by atoms with E-state index in [4.69, 9.17) is 15.4 Å². The molecule has 15 heavy (non-hydrogen) atoms. The smallest absolute Gasteiger partial charge is 0.408 e. The van der Waals surface area contributed by atoms with Gasteiger partial charge in [0.1, 0.15) is 0 Å². The number of H-pyrrole nitrogens is 1. The molecule has 0 aliphatic carbocycles. The first-order valence-electron chi connectivity index (χ1n) is 4.46. The van der Waals surface area contributed by atoms with E-state index in [1.54, 1.807) is 18.2 Å². The van der Waals surface area contributed by atoms with E-state index in [0.717, 1.165) is 5.56 Å². The van der Waals surface area contributed by atoms with Gasteiger partial charge in [0.15, 0.2) is 5.58 Å². The molecule has 0 radical (unpaired) electrons. The SMILES string of the molecule is N#CCC(N)c1ccc2oc(=O)[nH]c2c1. The van der Waals surface area contributed by atoms with Gasteiger partial charge in [0, 0.05) is 6.04 Å². The number of hydrogen-bond donors (Lipinski definition) is 2. The topological polar surface area (TPSA) is 95.8 Å². The molecule has 76 valence electrons. The third kappa shape index (κ3) is 1.75. The minimum Gasteiger partial charge on any atom is -0.408 e. The molecule has 1 aromatic heterocycles. The van der Waals surface area contributed by atoms with Gasteiger partial charge in [0.05, 0.1) is 18.0 Å². The zero-order valence-corrected chi connectivity index (χ0v) is 7.86. The predicted octanol–water partition coefficient (Wildman–Crippen LogP) is 1.03. The van der Waals surface area contributed by atoms with Crippen molar-refractivity contribution in [3.63, 3.8) is 0 Å². The van der Waals surface area contributed by atoms with Gasteiger partial charge >= 0.3 is 5.76 Å². The molecule has 2 aromatic rings. The maximum atomic E-state index is 10.9. The number of aromatic amines is 1. The number of nitrogens with zero attached hydrogens (tertiary/aromatic N) is 1. The van der Waals surface area contributed by atoms with Crippen molar-refractivity contribution < 1.29 is 4.42 Å². The first-order chi connectivity index (χ1) is 7.20. The van der Waals surface area contributed by atoms with Crippen LogP contribution in [-0.4, -0.2) is 4.98 Å². The van der Waals surface area contributed by atoms with Crippen molar-refractivity contribution >= 4 is 11.1 Å². The first-order valence-corrected chi connectivity index (χ1v) is 4.46. The molecule has 0 saturated carbocycles. The summed E-state index contributed by atoms with van der Waals surface area (Å²) in [6, 6.07) is 6.81. The van der Waals surface area contributed by atoms with Crippen molar-refractivity contribution in [1.82, 2.24) is 4.98 Å². The summed E-state index contributed by atoms with van der Waals surface area (Å²) in [7, 11) is 0. The molecule has 0 saturated heterocycles. The quantitative estimate of drug-likeness (QED) is 0.761. The highest BCUT2D eigenvalue weighted by Crippen LogP contribution is 2.18. The molecule has 0 bridgehead atoms. The number of fused-ring (bicyclic) bond motifs is 1. The van der Waals surface area contributed by atoms with E-state index < -0.39 is 5.76 Å². The third-order valence-corrected chi connectivity index (χ3v) is 2.18. The molecule has 1 heterocycles. The molecule has 0 fully saturated rings. The lowest BCUT2D eigenvalue weighted by Gasteiger charge is -2.06. The Hall–Kier alpha value is -2.06. The van der Waals surface area contributed by atoms with Crippen LogP contribution < -0.4 is 11.5 Å². The van der Waals surface area contributed by atoms with E-state index in [2.05, 4.69) is 4.98 Å². The third-order valence-electron chi connectivity index (χ3n) is 2.18. The summed E-state index contributed by atoms with van der Waals surface area (Å²) < 4.78 is 4.85. The second kappa shape index (κ2) is 3.59. The second-order valence-electron chi connectivity index (χ2n) is 3.24. The Morgan fingerprint density at radius 2 is 2.40 bits per heavy atom. The Kier molecular flexibility index (Phi) is 2.27. The Balaban J connectivity index is 2.47. The van der Waals surface area contributed by atoms with E-state index in [-0.39, 0.29) is 12.5 Å². The predicted molar refractivity (Wildman–Crippen MR) is 54.0 cm³/mol. The van der Waals surface area contributed by atoms with Crippen LogP contribution in [0, 0.1) is 11.3 Å². The monoisotopic (exact) mass is 203 g/mol. The summed E-state index contributed by atoms with van der Waals surface area (Å²) in [6.45, 7) is 0. The van der Waals surface area contributed by atoms with Gasteiger partial charge in [0.2, 0.25) is 0 Å². The van der Waals surface area contributed by atoms with E-state index in [1.807, 2.05) is 6.07 Å². The zero-order valence-electron chi connectivity index (χ0n) is 7.86. The van der Waals surface area contributed by atoms with Crippen molar-refractivity contribution in [1.29, 1.82) is 5.26 Å². The average Bonchev–Trinajstić information content (AvgIpc) is 2.57. The maximum absolute atomic E-state index is 10.9. The van der Waals surface area contributed by atoms with Gasteiger partial charge in [-0.3, -0.25) is 4.98 Å². The summed E-state index contributed by atoms with van der Waals surface area (Å²) in [5.74, 6) is -0.490. The first kappa shape index (κ1) is 9.49. The van der Waals surface area contributed by atoms with Crippen molar-refractivity contribution in [3.05, 3.63) is 34.3 Å². The molecule has 5 nitrogen and oxygen atoms in total. The summed E-state index contributed by atoms with van der Waals surface area (Å²) in [5.41, 5.74) is 7.66. The van der Waals surface area contributed by atoms with E-state index in [1.165, 1.54) is 0 Å². The Bertz CT molecular complexity index is 576. The number of aromatic nitrogens is 1. The molecule has 0 spiro atoms. The fourth-order valence-corrected chi connectivity index (χ4v) is 1.42. The lowest BCUT2D eigenvalue weighted by Crippen LogP contribution is -2.08. The zero-order chi connectivity index (χ0) is 10.8. The average molecular weight is 203 g/mol. The molecule has 0 aliphatic heterocycles. The van der Waals surface area contributed by atoms with Crippen molar-refractivity contribution in [3.8, 4) is 6.07 Å². The second-order valence-corrected chi connectivity index (χ2v) is 3.24. The lowest BCUT2D eigenvalue weighted by atomic mass is 10.1. The molecule has 2 rings (SSSR count). The van der Waals surface area contributed by atoms with Gasteiger partial charge in [-0.2, -0.15) is 5.26 Å². The van der Waals surface area contributed by atoms with Gasteiger partial charge in [-0.25, -0.2) is 4.79 Å². The fourth-order valence-electron chi connectivity index (χ4n) is 1.42. The highest BCUT2D eigenvalue weighted by Gasteiger charge is 2.08. The number of benzene rings is 1. The van der Waals surface area contributed by atoms with Crippen LogP contribution in [0.1, 0.15) is 18.0 Å². The molecule has 1 unspecified atom stereocenters. The van der Waals surface area contributed by atoms with E-state index >= 15 is 0 Å². The van der Waals surface area contributed by atoms with Crippen molar-refractivity contribution in [2.75, 3.05) is 0 Å². The van der Waals surface area contributed by atoms with Crippen molar-refractivity contribution in [2.45, 2.75) is 12.5 Å². The summed E-state index contributed by atoms with van der Waals surface area (Å²) in [4.78, 5) is 13.4. The van der Waals surface area contributed by atoms with Crippen LogP contribution in [0.5, 0.6) is 0 Å². The number of hydrogen-bond acceptors (Lipinski definition) is 4. The number of nitrogens with one attached hydrogen (secondary N) is 1. The van der Waals surface area contributed by atoms with Gasteiger partial charge in [-0.1, -0.05) is 6.07 Å². The molecule has 1 atom stereocenters. The molecular weight excluding hydrogens is 194 g/mol. The van der Waals surface area contributed by atoms with Crippen LogP contribution in [0.4, 0.5) is 0 Å². The summed E-state index contributed by atoms with van der Waals surface area (Å²) in [5, 5.41) is 8.51. The maximum Gasteiger partial charge on any atom is 0.417 e. The molecule has 1 aromatic carbocycles. The largest absolute Gasteiger partial charge is 0.417 e. The number of nitrogens with two attached hydrogens (primary N) is 1. The van der Waals surface area contributed by atoms with Crippen LogP contribution in [0.3, 0.4) is 0 Å². The fraction of sp³-hybridized carbons (Fsp3) is 0.200. The Morgan fingerprint density at radius 1 is 1.60 bits per heavy atom.